The zero-order valence-corrected chi connectivity index (χ0v) is 12.3. The maximum Gasteiger partial charge on any atom is 0.240 e. The third-order valence-corrected chi connectivity index (χ3v) is 2.93. The quantitative estimate of drug-likeness (QED) is 0.771. The summed E-state index contributed by atoms with van der Waals surface area (Å²) in [7, 11) is 0. The molecule has 2 aliphatic heterocycles. The van der Waals surface area contributed by atoms with Crippen molar-refractivity contribution in [2.75, 3.05) is 13.2 Å². The summed E-state index contributed by atoms with van der Waals surface area (Å²) in [6.45, 7) is 4.88. The topological polar surface area (TPSA) is 89.0 Å². The Labute approximate surface area is 124 Å². The van der Waals surface area contributed by atoms with Crippen molar-refractivity contribution in [1.29, 1.82) is 0 Å². The van der Waals surface area contributed by atoms with Gasteiger partial charge in [-0.15, -0.1) is 0 Å². The van der Waals surface area contributed by atoms with Gasteiger partial charge in [0.25, 0.3) is 0 Å². The van der Waals surface area contributed by atoms with Crippen LogP contribution in [0.2, 0.25) is 0 Å². The van der Waals surface area contributed by atoms with E-state index in [1.807, 2.05) is 13.8 Å². The molecular formula is C15H22N2O4. The number of rotatable bonds is 6. The first kappa shape index (κ1) is 15.5. The van der Waals surface area contributed by atoms with Crippen molar-refractivity contribution in [3.05, 3.63) is 48.2 Å². The fourth-order valence-electron chi connectivity index (χ4n) is 1.76. The van der Waals surface area contributed by atoms with Crippen LogP contribution in [0.25, 0.3) is 0 Å². The predicted octanol–water partition coefficient (Wildman–Crippen LogP) is 1.47. The number of hydrogen-bond donors (Lipinski definition) is 2. The Balaban J connectivity index is 1.77. The van der Waals surface area contributed by atoms with Crippen molar-refractivity contribution in [2.24, 2.45) is 16.9 Å². The van der Waals surface area contributed by atoms with Crippen LogP contribution in [0.3, 0.4) is 0 Å². The Bertz CT molecular complexity index is 438. The summed E-state index contributed by atoms with van der Waals surface area (Å²) in [5.41, 5.74) is 12.4. The van der Waals surface area contributed by atoms with Crippen molar-refractivity contribution >= 4 is 0 Å². The van der Waals surface area contributed by atoms with E-state index in [0.717, 1.165) is 0 Å². The maximum atomic E-state index is 5.79. The lowest BCUT2D eigenvalue weighted by Gasteiger charge is -2.30. The SMILES string of the molecule is CC(C)(COC1OC=CC=C1N)COC1OC=CC=C1N. The average Bonchev–Trinajstić information content (AvgIpc) is 2.46. The lowest BCUT2D eigenvalue weighted by molar-refractivity contribution is -0.143. The minimum Gasteiger partial charge on any atom is -0.467 e. The Morgan fingerprint density at radius 2 is 1.38 bits per heavy atom. The minimum atomic E-state index is -0.548. The molecule has 0 aromatic carbocycles. The second-order valence-electron chi connectivity index (χ2n) is 5.71. The first-order chi connectivity index (χ1) is 9.98. The highest BCUT2D eigenvalue weighted by molar-refractivity contribution is 5.14. The van der Waals surface area contributed by atoms with Crippen LogP contribution >= 0.6 is 0 Å². The lowest BCUT2D eigenvalue weighted by Crippen LogP contribution is -2.35. The number of hydrogen-bond acceptors (Lipinski definition) is 6. The lowest BCUT2D eigenvalue weighted by atomic mass is 9.96. The summed E-state index contributed by atoms with van der Waals surface area (Å²) in [4.78, 5) is 0. The molecule has 0 amide bonds. The first-order valence-electron chi connectivity index (χ1n) is 6.76. The van der Waals surface area contributed by atoms with E-state index in [9.17, 15) is 0 Å². The normalized spacial score (nSPS) is 24.9. The van der Waals surface area contributed by atoms with E-state index < -0.39 is 12.6 Å². The highest BCUT2D eigenvalue weighted by atomic mass is 16.7. The average molecular weight is 294 g/mol. The number of nitrogens with two attached hydrogens (primary N) is 2. The number of ether oxygens (including phenoxy) is 4. The fraction of sp³-hybridized carbons (Fsp3) is 0.467. The van der Waals surface area contributed by atoms with Crippen molar-refractivity contribution in [3.63, 3.8) is 0 Å². The van der Waals surface area contributed by atoms with E-state index in [4.69, 9.17) is 30.4 Å². The largest absolute Gasteiger partial charge is 0.467 e. The summed E-state index contributed by atoms with van der Waals surface area (Å²) >= 11 is 0. The van der Waals surface area contributed by atoms with E-state index in [2.05, 4.69) is 0 Å². The molecule has 2 rings (SSSR count). The van der Waals surface area contributed by atoms with Gasteiger partial charge < -0.3 is 30.4 Å². The van der Waals surface area contributed by atoms with Crippen LogP contribution in [-0.2, 0) is 18.9 Å². The monoisotopic (exact) mass is 294 g/mol. The molecule has 21 heavy (non-hydrogen) atoms. The molecule has 2 aliphatic rings. The Kier molecular flexibility index (Phi) is 4.93. The van der Waals surface area contributed by atoms with Gasteiger partial charge in [0, 0.05) is 5.41 Å². The van der Waals surface area contributed by atoms with E-state index in [-0.39, 0.29) is 5.41 Å². The van der Waals surface area contributed by atoms with Gasteiger partial charge in [-0.05, 0) is 24.3 Å². The summed E-state index contributed by atoms with van der Waals surface area (Å²) in [6.07, 6.45) is 8.98. The van der Waals surface area contributed by atoms with E-state index in [1.165, 1.54) is 0 Å². The molecular weight excluding hydrogens is 272 g/mol. The highest BCUT2D eigenvalue weighted by Crippen LogP contribution is 2.21. The summed E-state index contributed by atoms with van der Waals surface area (Å²) in [5.74, 6) is 0. The van der Waals surface area contributed by atoms with Gasteiger partial charge in [0.15, 0.2) is 0 Å². The molecule has 2 atom stereocenters. The second-order valence-corrected chi connectivity index (χ2v) is 5.71. The molecule has 2 heterocycles. The molecule has 0 aromatic rings. The van der Waals surface area contributed by atoms with Gasteiger partial charge >= 0.3 is 0 Å². The van der Waals surface area contributed by atoms with Crippen LogP contribution in [0.1, 0.15) is 13.8 Å². The van der Waals surface area contributed by atoms with E-state index in [1.54, 1.807) is 36.8 Å². The minimum absolute atomic E-state index is 0.240. The standard InChI is InChI=1S/C15H22N2O4/c1-15(2,9-20-13-11(16)5-3-7-18-13)10-21-14-12(17)6-4-8-19-14/h3-8,13-14H,9-10,16-17H2,1-2H3. The Morgan fingerprint density at radius 1 is 0.952 bits per heavy atom. The molecule has 6 heteroatoms. The molecule has 0 radical (unpaired) electrons. The molecule has 0 fully saturated rings. The first-order valence-corrected chi connectivity index (χ1v) is 6.76. The van der Waals surface area contributed by atoms with E-state index in [0.29, 0.717) is 24.6 Å². The molecule has 0 saturated heterocycles. The van der Waals surface area contributed by atoms with Crippen LogP contribution in [0, 0.1) is 5.41 Å². The Morgan fingerprint density at radius 3 is 1.76 bits per heavy atom. The van der Waals surface area contributed by atoms with Gasteiger partial charge in [-0.3, -0.25) is 0 Å². The number of allylic oxidation sites excluding steroid dienone is 4. The smallest absolute Gasteiger partial charge is 0.240 e. The maximum absolute atomic E-state index is 5.79. The van der Waals surface area contributed by atoms with Crippen molar-refractivity contribution in [2.45, 2.75) is 26.4 Å². The third kappa shape index (κ3) is 4.54. The molecule has 0 saturated carbocycles. The molecule has 0 bridgehead atoms. The van der Waals surface area contributed by atoms with Crippen LogP contribution in [0.4, 0.5) is 0 Å². The molecule has 0 aromatic heterocycles. The van der Waals surface area contributed by atoms with Gasteiger partial charge in [0.05, 0.1) is 37.1 Å². The molecule has 6 nitrogen and oxygen atoms in total. The molecule has 4 N–H and O–H groups in total. The molecule has 116 valence electrons. The zero-order chi connectivity index (χ0) is 15.3. The molecule has 0 spiro atoms. The van der Waals surface area contributed by atoms with Gasteiger partial charge in [-0.25, -0.2) is 0 Å². The fourth-order valence-corrected chi connectivity index (χ4v) is 1.76. The van der Waals surface area contributed by atoms with Gasteiger partial charge in [0.2, 0.25) is 12.6 Å². The highest BCUT2D eigenvalue weighted by Gasteiger charge is 2.26. The zero-order valence-electron chi connectivity index (χ0n) is 12.3. The summed E-state index contributed by atoms with van der Waals surface area (Å²) < 4.78 is 22.0. The predicted molar refractivity (Wildman–Crippen MR) is 78.3 cm³/mol. The van der Waals surface area contributed by atoms with Gasteiger partial charge in [-0.1, -0.05) is 13.8 Å². The van der Waals surface area contributed by atoms with Gasteiger partial charge in [-0.2, -0.15) is 0 Å². The molecule has 0 aliphatic carbocycles. The van der Waals surface area contributed by atoms with Crippen LogP contribution in [0.5, 0.6) is 0 Å². The van der Waals surface area contributed by atoms with Crippen molar-refractivity contribution in [1.82, 2.24) is 0 Å². The Hall–Kier alpha value is -1.92. The third-order valence-electron chi connectivity index (χ3n) is 2.93. The molecule has 2 unspecified atom stereocenters. The van der Waals surface area contributed by atoms with Crippen molar-refractivity contribution in [3.8, 4) is 0 Å². The second kappa shape index (κ2) is 6.69. The van der Waals surface area contributed by atoms with Crippen LogP contribution < -0.4 is 11.5 Å². The van der Waals surface area contributed by atoms with Crippen LogP contribution in [-0.4, -0.2) is 25.8 Å². The summed E-state index contributed by atoms with van der Waals surface area (Å²) in [6, 6.07) is 0. The van der Waals surface area contributed by atoms with Crippen LogP contribution in [0.15, 0.2) is 48.2 Å². The van der Waals surface area contributed by atoms with E-state index >= 15 is 0 Å². The summed E-state index contributed by atoms with van der Waals surface area (Å²) in [5, 5.41) is 0. The van der Waals surface area contributed by atoms with Crippen molar-refractivity contribution < 1.29 is 18.9 Å². The van der Waals surface area contributed by atoms with Gasteiger partial charge in [0.1, 0.15) is 0 Å².